The van der Waals surface area contributed by atoms with E-state index in [1.54, 1.807) is 25.2 Å². The van der Waals surface area contributed by atoms with Gasteiger partial charge in [-0.2, -0.15) is 0 Å². The Bertz CT molecular complexity index is 880. The fourth-order valence-electron chi connectivity index (χ4n) is 3.15. The molecule has 0 aliphatic heterocycles. The van der Waals surface area contributed by atoms with E-state index >= 15 is 0 Å². The van der Waals surface area contributed by atoms with E-state index in [2.05, 4.69) is 10.6 Å². The van der Waals surface area contributed by atoms with E-state index in [0.29, 0.717) is 23.7 Å². The number of hydrogen-bond donors (Lipinski definition) is 2. The van der Waals surface area contributed by atoms with Crippen LogP contribution in [0.15, 0.2) is 42.5 Å². The zero-order chi connectivity index (χ0) is 20.8. The van der Waals surface area contributed by atoms with Crippen LogP contribution in [0.1, 0.15) is 24.0 Å². The number of hydrogen-bond acceptors (Lipinski definition) is 4. The summed E-state index contributed by atoms with van der Waals surface area (Å²) in [5.41, 5.74) is 2.61. The maximum atomic E-state index is 12.8. The number of carbonyl (C=O) groups is 2. The summed E-state index contributed by atoms with van der Waals surface area (Å²) in [4.78, 5) is 26.8. The molecule has 2 aromatic carbocycles. The van der Waals surface area contributed by atoms with Gasteiger partial charge in [0.05, 0.1) is 20.8 Å². The third kappa shape index (κ3) is 5.63. The van der Waals surface area contributed by atoms with Crippen LogP contribution in [-0.2, 0) is 11.3 Å². The van der Waals surface area contributed by atoms with Gasteiger partial charge in [-0.3, -0.25) is 4.79 Å². The lowest BCUT2D eigenvalue weighted by atomic mass is 10.1. The predicted octanol–water partition coefficient (Wildman–Crippen LogP) is 3.32. The molecule has 1 fully saturated rings. The van der Waals surface area contributed by atoms with Crippen molar-refractivity contribution >= 4 is 17.6 Å². The van der Waals surface area contributed by atoms with E-state index in [1.807, 2.05) is 43.3 Å². The highest BCUT2D eigenvalue weighted by molar-refractivity contribution is 5.92. The van der Waals surface area contributed by atoms with Gasteiger partial charge in [0.15, 0.2) is 0 Å². The molecule has 7 heteroatoms. The van der Waals surface area contributed by atoms with Crippen LogP contribution in [-0.4, -0.2) is 43.6 Å². The first-order chi connectivity index (χ1) is 14.0. The van der Waals surface area contributed by atoms with E-state index in [0.717, 1.165) is 24.0 Å². The van der Waals surface area contributed by atoms with Crippen molar-refractivity contribution in [1.82, 2.24) is 10.2 Å². The standard InChI is InChI=1S/C22H27N3O4/c1-15-5-4-6-17(11-15)24-22(27)23-13-21(26)25(18-7-8-18)14-16-12-19(28-2)9-10-20(16)29-3/h4-6,9-12,18H,7-8,13-14H2,1-3H3,(H2,23,24,27). The molecule has 0 aromatic heterocycles. The van der Waals surface area contributed by atoms with E-state index < -0.39 is 6.03 Å². The number of nitrogens with one attached hydrogen (secondary N) is 2. The Morgan fingerprint density at radius 3 is 2.55 bits per heavy atom. The summed E-state index contributed by atoms with van der Waals surface area (Å²) in [5.74, 6) is 1.28. The van der Waals surface area contributed by atoms with Crippen molar-refractivity contribution in [2.24, 2.45) is 0 Å². The lowest BCUT2D eigenvalue weighted by Crippen LogP contribution is -2.42. The third-order valence-electron chi connectivity index (χ3n) is 4.81. The average molecular weight is 397 g/mol. The van der Waals surface area contributed by atoms with Gasteiger partial charge in [-0.25, -0.2) is 4.79 Å². The Morgan fingerprint density at radius 1 is 1.10 bits per heavy atom. The molecule has 2 aromatic rings. The van der Waals surface area contributed by atoms with Gasteiger partial charge in [-0.05, 0) is 55.7 Å². The molecule has 0 heterocycles. The summed E-state index contributed by atoms with van der Waals surface area (Å²) in [7, 11) is 3.21. The Morgan fingerprint density at radius 2 is 1.90 bits per heavy atom. The molecule has 154 valence electrons. The fraction of sp³-hybridized carbons (Fsp3) is 0.364. The maximum absolute atomic E-state index is 12.8. The highest BCUT2D eigenvalue weighted by Crippen LogP contribution is 2.32. The second-order valence-corrected chi connectivity index (χ2v) is 7.11. The monoisotopic (exact) mass is 397 g/mol. The highest BCUT2D eigenvalue weighted by Gasteiger charge is 2.33. The van der Waals surface area contributed by atoms with Crippen LogP contribution in [0.2, 0.25) is 0 Å². The summed E-state index contributed by atoms with van der Waals surface area (Å²) >= 11 is 0. The van der Waals surface area contributed by atoms with Gasteiger partial charge >= 0.3 is 6.03 Å². The fourth-order valence-corrected chi connectivity index (χ4v) is 3.15. The van der Waals surface area contributed by atoms with Crippen molar-refractivity contribution in [2.75, 3.05) is 26.1 Å². The van der Waals surface area contributed by atoms with Crippen molar-refractivity contribution in [2.45, 2.75) is 32.4 Å². The molecule has 7 nitrogen and oxygen atoms in total. The van der Waals surface area contributed by atoms with Crippen molar-refractivity contribution in [3.05, 3.63) is 53.6 Å². The zero-order valence-electron chi connectivity index (χ0n) is 17.0. The molecule has 2 N–H and O–H groups in total. The number of anilines is 1. The molecule has 1 saturated carbocycles. The third-order valence-corrected chi connectivity index (χ3v) is 4.81. The highest BCUT2D eigenvalue weighted by atomic mass is 16.5. The van der Waals surface area contributed by atoms with Crippen LogP contribution in [0.25, 0.3) is 0 Å². The van der Waals surface area contributed by atoms with Crippen LogP contribution < -0.4 is 20.1 Å². The van der Waals surface area contributed by atoms with Gasteiger partial charge in [0.25, 0.3) is 0 Å². The molecule has 0 unspecified atom stereocenters. The molecule has 0 bridgehead atoms. The number of amides is 3. The lowest BCUT2D eigenvalue weighted by molar-refractivity contribution is -0.131. The summed E-state index contributed by atoms with van der Waals surface area (Å²) < 4.78 is 10.7. The van der Waals surface area contributed by atoms with Crippen molar-refractivity contribution in [1.29, 1.82) is 0 Å². The Hall–Kier alpha value is -3.22. The number of urea groups is 1. The summed E-state index contributed by atoms with van der Waals surface area (Å²) in [6, 6.07) is 12.8. The Kier molecular flexibility index (Phi) is 6.59. The lowest BCUT2D eigenvalue weighted by Gasteiger charge is -2.24. The SMILES string of the molecule is COc1ccc(OC)c(CN(C(=O)CNC(=O)Nc2cccc(C)c2)C2CC2)c1. The summed E-state index contributed by atoms with van der Waals surface area (Å²) in [5, 5.41) is 5.40. The van der Waals surface area contributed by atoms with E-state index in [-0.39, 0.29) is 18.5 Å². The number of aryl methyl sites for hydroxylation is 1. The molecular weight excluding hydrogens is 370 g/mol. The molecule has 29 heavy (non-hydrogen) atoms. The topological polar surface area (TPSA) is 79.9 Å². The molecule has 0 saturated heterocycles. The zero-order valence-corrected chi connectivity index (χ0v) is 17.0. The van der Waals surface area contributed by atoms with Crippen LogP contribution in [0.4, 0.5) is 10.5 Å². The van der Waals surface area contributed by atoms with Crippen molar-refractivity contribution < 1.29 is 19.1 Å². The van der Waals surface area contributed by atoms with Crippen molar-refractivity contribution in [3.8, 4) is 11.5 Å². The maximum Gasteiger partial charge on any atom is 0.319 e. The molecule has 1 aliphatic carbocycles. The van der Waals surface area contributed by atoms with Gasteiger partial charge in [-0.15, -0.1) is 0 Å². The molecule has 1 aliphatic rings. The summed E-state index contributed by atoms with van der Waals surface area (Å²) in [6.07, 6.45) is 1.93. The molecule has 3 amide bonds. The first-order valence-electron chi connectivity index (χ1n) is 9.62. The quantitative estimate of drug-likeness (QED) is 0.716. The number of carbonyl (C=O) groups excluding carboxylic acids is 2. The Labute approximate surface area is 171 Å². The molecule has 0 radical (unpaired) electrons. The smallest absolute Gasteiger partial charge is 0.319 e. The second kappa shape index (κ2) is 9.32. The van der Waals surface area contributed by atoms with Gasteiger partial charge in [0.1, 0.15) is 11.5 Å². The number of methoxy groups -OCH3 is 2. The van der Waals surface area contributed by atoms with Crippen LogP contribution >= 0.6 is 0 Å². The van der Waals surface area contributed by atoms with E-state index in [9.17, 15) is 9.59 Å². The van der Waals surface area contributed by atoms with E-state index in [1.165, 1.54) is 0 Å². The first-order valence-corrected chi connectivity index (χ1v) is 9.62. The number of nitrogens with zero attached hydrogens (tertiary/aromatic N) is 1. The molecule has 0 spiro atoms. The van der Waals surface area contributed by atoms with E-state index in [4.69, 9.17) is 9.47 Å². The predicted molar refractivity (Wildman–Crippen MR) is 111 cm³/mol. The summed E-state index contributed by atoms with van der Waals surface area (Å²) in [6.45, 7) is 2.29. The largest absolute Gasteiger partial charge is 0.497 e. The van der Waals surface area contributed by atoms with Gasteiger partial charge < -0.3 is 25.0 Å². The minimum absolute atomic E-state index is 0.0690. The van der Waals surface area contributed by atoms with Crippen LogP contribution in [0, 0.1) is 6.92 Å². The normalized spacial score (nSPS) is 12.8. The van der Waals surface area contributed by atoms with Gasteiger partial charge in [0, 0.05) is 23.8 Å². The number of rotatable bonds is 8. The first kappa shape index (κ1) is 20.5. The van der Waals surface area contributed by atoms with Gasteiger partial charge in [-0.1, -0.05) is 12.1 Å². The van der Waals surface area contributed by atoms with Crippen LogP contribution in [0.3, 0.4) is 0 Å². The van der Waals surface area contributed by atoms with Crippen molar-refractivity contribution in [3.63, 3.8) is 0 Å². The molecular formula is C22H27N3O4. The van der Waals surface area contributed by atoms with Crippen LogP contribution in [0.5, 0.6) is 11.5 Å². The number of benzene rings is 2. The number of ether oxygens (including phenoxy) is 2. The second-order valence-electron chi connectivity index (χ2n) is 7.11. The minimum atomic E-state index is -0.404. The molecule has 3 rings (SSSR count). The Balaban J connectivity index is 1.61. The molecule has 0 atom stereocenters. The minimum Gasteiger partial charge on any atom is -0.497 e. The van der Waals surface area contributed by atoms with Gasteiger partial charge in [0.2, 0.25) is 5.91 Å². The average Bonchev–Trinajstić information content (AvgIpc) is 3.55.